The lowest BCUT2D eigenvalue weighted by Gasteiger charge is -2.08. The van der Waals surface area contributed by atoms with E-state index in [4.69, 9.17) is 19.4 Å². The summed E-state index contributed by atoms with van der Waals surface area (Å²) in [6.07, 6.45) is 0. The molecule has 6 aromatic carbocycles. The smallest absolute Gasteiger partial charge is 0.164 e. The quantitative estimate of drug-likeness (QED) is 0.214. The van der Waals surface area contributed by atoms with Crippen LogP contribution >= 0.6 is 0 Å². The zero-order valence-electron chi connectivity index (χ0n) is 23.2. The first-order valence-corrected chi connectivity index (χ1v) is 14.3. The molecule has 0 aliphatic rings. The van der Waals surface area contributed by atoms with Crippen molar-refractivity contribution < 1.29 is 4.42 Å². The van der Waals surface area contributed by atoms with E-state index in [0.29, 0.717) is 17.5 Å². The number of hydrogen-bond acceptors (Lipinski definition) is 4. The van der Waals surface area contributed by atoms with Gasteiger partial charge in [0.1, 0.15) is 11.2 Å². The Hall–Kier alpha value is -5.87. The number of hydrogen-bond donors (Lipinski definition) is 0. The molecule has 202 valence electrons. The average molecular weight is 552 g/mol. The van der Waals surface area contributed by atoms with Crippen molar-refractivity contribution in [2.24, 2.45) is 0 Å². The van der Waals surface area contributed by atoms with Crippen molar-refractivity contribution in [2.45, 2.75) is 0 Å². The normalized spacial score (nSPS) is 11.3. The molecule has 0 saturated heterocycles. The predicted octanol–water partition coefficient (Wildman–Crippen LogP) is 10.1. The van der Waals surface area contributed by atoms with Crippen LogP contribution in [0.3, 0.4) is 0 Å². The summed E-state index contributed by atoms with van der Waals surface area (Å²) in [5, 5.41) is 2.16. The second-order valence-corrected chi connectivity index (χ2v) is 10.5. The molecule has 0 atom stereocenters. The Morgan fingerprint density at radius 1 is 0.349 bits per heavy atom. The van der Waals surface area contributed by atoms with Crippen LogP contribution in [0.5, 0.6) is 0 Å². The SMILES string of the molecule is c1ccc(-c2ccc(-c3cccc4oc5cc(-c6nc(-c7ccccc7)nc(-c7ccccc7)n6)ccc5c34)cc2)cc1. The van der Waals surface area contributed by atoms with Gasteiger partial charge in [-0.1, -0.05) is 133 Å². The molecule has 0 amide bonds. The lowest BCUT2D eigenvalue weighted by molar-refractivity contribution is 0.669. The fraction of sp³-hybridized carbons (Fsp3) is 0. The van der Waals surface area contributed by atoms with Gasteiger partial charge >= 0.3 is 0 Å². The highest BCUT2D eigenvalue weighted by molar-refractivity contribution is 6.13. The molecule has 0 N–H and O–H groups in total. The summed E-state index contributed by atoms with van der Waals surface area (Å²) >= 11 is 0. The molecule has 0 unspecified atom stereocenters. The minimum Gasteiger partial charge on any atom is -0.456 e. The maximum atomic E-state index is 6.43. The molecule has 0 aliphatic carbocycles. The van der Waals surface area contributed by atoms with Crippen molar-refractivity contribution in [1.29, 1.82) is 0 Å². The van der Waals surface area contributed by atoms with Crippen molar-refractivity contribution in [3.05, 3.63) is 152 Å². The molecular formula is C39H25N3O. The molecule has 0 bridgehead atoms. The lowest BCUT2D eigenvalue weighted by atomic mass is 9.96. The van der Waals surface area contributed by atoms with Gasteiger partial charge in [0.05, 0.1) is 0 Å². The minimum atomic E-state index is 0.604. The molecule has 0 radical (unpaired) electrons. The molecular weight excluding hydrogens is 526 g/mol. The van der Waals surface area contributed by atoms with Crippen molar-refractivity contribution in [3.8, 4) is 56.4 Å². The Morgan fingerprint density at radius 3 is 1.44 bits per heavy atom. The van der Waals surface area contributed by atoms with Gasteiger partial charge in [0.2, 0.25) is 0 Å². The highest BCUT2D eigenvalue weighted by Crippen LogP contribution is 2.38. The summed E-state index contributed by atoms with van der Waals surface area (Å²) in [6.45, 7) is 0. The second kappa shape index (κ2) is 10.5. The van der Waals surface area contributed by atoms with Crippen LogP contribution in [0, 0.1) is 0 Å². The molecule has 0 saturated carbocycles. The van der Waals surface area contributed by atoms with E-state index in [-0.39, 0.29) is 0 Å². The van der Waals surface area contributed by atoms with E-state index < -0.39 is 0 Å². The van der Waals surface area contributed by atoms with Crippen LogP contribution in [0.4, 0.5) is 0 Å². The third kappa shape index (κ3) is 4.65. The predicted molar refractivity (Wildman–Crippen MR) is 174 cm³/mol. The molecule has 2 heterocycles. The van der Waals surface area contributed by atoms with Crippen LogP contribution in [0.1, 0.15) is 0 Å². The van der Waals surface area contributed by atoms with Crippen LogP contribution < -0.4 is 0 Å². The van der Waals surface area contributed by atoms with Gasteiger partial charge in [-0.2, -0.15) is 0 Å². The number of furan rings is 1. The molecule has 8 aromatic rings. The first-order valence-electron chi connectivity index (χ1n) is 14.3. The maximum absolute atomic E-state index is 6.43. The van der Waals surface area contributed by atoms with E-state index in [1.54, 1.807) is 0 Å². The highest BCUT2D eigenvalue weighted by Gasteiger charge is 2.16. The Labute approximate surface area is 249 Å². The third-order valence-corrected chi connectivity index (χ3v) is 7.76. The summed E-state index contributed by atoms with van der Waals surface area (Å²) in [5.41, 5.74) is 9.09. The molecule has 0 fully saturated rings. The molecule has 0 aliphatic heterocycles. The molecule has 4 heteroatoms. The first kappa shape index (κ1) is 24.9. The van der Waals surface area contributed by atoms with Crippen LogP contribution in [0.15, 0.2) is 156 Å². The molecule has 43 heavy (non-hydrogen) atoms. The van der Waals surface area contributed by atoms with E-state index in [1.165, 1.54) is 11.1 Å². The number of aromatic nitrogens is 3. The van der Waals surface area contributed by atoms with Crippen LogP contribution in [-0.2, 0) is 0 Å². The third-order valence-electron chi connectivity index (χ3n) is 7.76. The minimum absolute atomic E-state index is 0.604. The summed E-state index contributed by atoms with van der Waals surface area (Å²) in [5.74, 6) is 1.87. The highest BCUT2D eigenvalue weighted by atomic mass is 16.3. The number of nitrogens with zero attached hydrogens (tertiary/aromatic N) is 3. The van der Waals surface area contributed by atoms with Crippen molar-refractivity contribution >= 4 is 21.9 Å². The first-order chi connectivity index (χ1) is 21.3. The maximum Gasteiger partial charge on any atom is 0.164 e. The standard InChI is InChI=1S/C39H25N3O/c1-4-11-26(12-5-1)27-19-21-28(22-20-27)32-17-10-18-34-36(32)33-24-23-31(25-35(33)43-34)39-41-37(29-13-6-2-7-14-29)40-38(42-39)30-15-8-3-9-16-30/h1-25H. The largest absolute Gasteiger partial charge is 0.456 e. The van der Waals surface area contributed by atoms with Crippen molar-refractivity contribution in [1.82, 2.24) is 15.0 Å². The van der Waals surface area contributed by atoms with Gasteiger partial charge in [-0.25, -0.2) is 15.0 Å². The molecule has 0 spiro atoms. The van der Waals surface area contributed by atoms with E-state index in [1.807, 2.05) is 78.9 Å². The summed E-state index contributed by atoms with van der Waals surface area (Å²) in [6, 6.07) is 51.7. The summed E-state index contributed by atoms with van der Waals surface area (Å²) in [7, 11) is 0. The Bertz CT molecular complexity index is 2150. The fourth-order valence-corrected chi connectivity index (χ4v) is 5.62. The van der Waals surface area contributed by atoms with Crippen LogP contribution in [0.2, 0.25) is 0 Å². The topological polar surface area (TPSA) is 51.8 Å². The average Bonchev–Trinajstić information content (AvgIpc) is 3.47. The van der Waals surface area contributed by atoms with Crippen LogP contribution in [0.25, 0.3) is 78.4 Å². The van der Waals surface area contributed by atoms with Crippen LogP contribution in [-0.4, -0.2) is 15.0 Å². The van der Waals surface area contributed by atoms with Crippen molar-refractivity contribution in [3.63, 3.8) is 0 Å². The molecule has 4 nitrogen and oxygen atoms in total. The zero-order valence-corrected chi connectivity index (χ0v) is 23.2. The van der Waals surface area contributed by atoms with Gasteiger partial charge in [0.25, 0.3) is 0 Å². The summed E-state index contributed by atoms with van der Waals surface area (Å²) in [4.78, 5) is 14.6. The van der Waals surface area contributed by atoms with Gasteiger partial charge < -0.3 is 4.42 Å². The van der Waals surface area contributed by atoms with Gasteiger partial charge in [-0.3, -0.25) is 0 Å². The second-order valence-electron chi connectivity index (χ2n) is 10.5. The number of rotatable bonds is 5. The molecule has 8 rings (SSSR count). The van der Waals surface area contributed by atoms with E-state index >= 15 is 0 Å². The Balaban J connectivity index is 1.24. The number of fused-ring (bicyclic) bond motifs is 3. The Kier molecular flexibility index (Phi) is 6.08. The van der Waals surface area contributed by atoms with E-state index in [9.17, 15) is 0 Å². The monoisotopic (exact) mass is 551 g/mol. The van der Waals surface area contributed by atoms with E-state index in [2.05, 4.69) is 72.8 Å². The van der Waals surface area contributed by atoms with Gasteiger partial charge in [0.15, 0.2) is 17.5 Å². The molecule has 2 aromatic heterocycles. The summed E-state index contributed by atoms with van der Waals surface area (Å²) < 4.78 is 6.43. The fourth-order valence-electron chi connectivity index (χ4n) is 5.62. The van der Waals surface area contributed by atoms with Crippen molar-refractivity contribution in [2.75, 3.05) is 0 Å². The van der Waals surface area contributed by atoms with Gasteiger partial charge in [0, 0.05) is 27.5 Å². The van der Waals surface area contributed by atoms with E-state index in [0.717, 1.165) is 49.8 Å². The lowest BCUT2D eigenvalue weighted by Crippen LogP contribution is -2.00. The van der Waals surface area contributed by atoms with Gasteiger partial charge in [-0.05, 0) is 40.5 Å². The van der Waals surface area contributed by atoms with Gasteiger partial charge in [-0.15, -0.1) is 0 Å². The Morgan fingerprint density at radius 2 is 0.837 bits per heavy atom. The number of benzene rings is 6. The zero-order chi connectivity index (χ0) is 28.6.